The number of hydrogen-bond donors (Lipinski definition) is 2. The Kier molecular flexibility index (Phi) is 4.79. The van der Waals surface area contributed by atoms with Gasteiger partial charge in [0, 0.05) is 29.7 Å². The molecule has 0 spiro atoms. The summed E-state index contributed by atoms with van der Waals surface area (Å²) in [4.78, 5) is 13.5. The first-order valence-electron chi connectivity index (χ1n) is 6.13. The minimum atomic E-state index is -2.86. The van der Waals surface area contributed by atoms with E-state index in [-0.39, 0.29) is 17.4 Å². The largest absolute Gasteiger partial charge is 0.297 e. The molecule has 1 amide bonds. The number of nitrogen functional groups attached to an aromatic ring is 1. The van der Waals surface area contributed by atoms with Crippen molar-refractivity contribution in [3.63, 3.8) is 0 Å². The lowest BCUT2D eigenvalue weighted by Crippen LogP contribution is -2.39. The SMILES string of the molecule is NNC(=O)c1ccc(CN2CCS(=O)(=O)CC2)c(Br)c1. The number of carbonyl (C=O) groups excluding carboxylic acids is 1. The maximum Gasteiger partial charge on any atom is 0.265 e. The molecule has 1 fully saturated rings. The van der Waals surface area contributed by atoms with E-state index in [2.05, 4.69) is 26.3 Å². The smallest absolute Gasteiger partial charge is 0.265 e. The third-order valence-corrected chi connectivity index (χ3v) is 5.62. The number of hydrogen-bond acceptors (Lipinski definition) is 5. The van der Waals surface area contributed by atoms with E-state index in [0.717, 1.165) is 10.0 Å². The van der Waals surface area contributed by atoms with Crippen LogP contribution in [0.3, 0.4) is 0 Å². The Morgan fingerprint density at radius 2 is 2.00 bits per heavy atom. The van der Waals surface area contributed by atoms with Gasteiger partial charge >= 0.3 is 0 Å². The van der Waals surface area contributed by atoms with E-state index in [1.165, 1.54) is 0 Å². The summed E-state index contributed by atoms with van der Waals surface area (Å²) in [6.07, 6.45) is 0. The molecule has 1 aliphatic heterocycles. The third-order valence-electron chi connectivity index (χ3n) is 3.28. The van der Waals surface area contributed by atoms with Crippen molar-refractivity contribution in [2.24, 2.45) is 5.84 Å². The van der Waals surface area contributed by atoms with Crippen LogP contribution in [0.4, 0.5) is 0 Å². The number of amides is 1. The molecule has 6 nitrogen and oxygen atoms in total. The molecule has 3 N–H and O–H groups in total. The Morgan fingerprint density at radius 1 is 1.35 bits per heavy atom. The first-order valence-corrected chi connectivity index (χ1v) is 8.75. The normalized spacial score (nSPS) is 18.7. The second-order valence-electron chi connectivity index (χ2n) is 4.71. The summed E-state index contributed by atoms with van der Waals surface area (Å²) in [6, 6.07) is 5.25. The van der Waals surface area contributed by atoms with Crippen molar-refractivity contribution in [2.45, 2.75) is 6.54 Å². The fraction of sp³-hybridized carbons (Fsp3) is 0.417. The van der Waals surface area contributed by atoms with Gasteiger partial charge in [0.05, 0.1) is 11.5 Å². The van der Waals surface area contributed by atoms with Gasteiger partial charge in [-0.15, -0.1) is 0 Å². The standard InChI is InChI=1S/C12H16BrN3O3S/c13-11-7-9(12(17)15-14)1-2-10(11)8-16-3-5-20(18,19)6-4-16/h1-2,7H,3-6,8,14H2,(H,15,17). The van der Waals surface area contributed by atoms with E-state index in [9.17, 15) is 13.2 Å². The Morgan fingerprint density at radius 3 is 2.55 bits per heavy atom. The van der Waals surface area contributed by atoms with Crippen LogP contribution in [0.1, 0.15) is 15.9 Å². The quantitative estimate of drug-likeness (QED) is 0.458. The molecule has 20 heavy (non-hydrogen) atoms. The first kappa shape index (κ1) is 15.4. The Hall–Kier alpha value is -0.960. The highest BCUT2D eigenvalue weighted by Crippen LogP contribution is 2.21. The number of hydrazine groups is 1. The van der Waals surface area contributed by atoms with Gasteiger partial charge in [-0.1, -0.05) is 22.0 Å². The number of sulfone groups is 1. The monoisotopic (exact) mass is 361 g/mol. The van der Waals surface area contributed by atoms with E-state index in [1.807, 2.05) is 6.07 Å². The number of nitrogens with two attached hydrogens (primary N) is 1. The average molecular weight is 362 g/mol. The summed E-state index contributed by atoms with van der Waals surface area (Å²) in [5, 5.41) is 0. The molecule has 110 valence electrons. The molecule has 0 aromatic heterocycles. The van der Waals surface area contributed by atoms with E-state index >= 15 is 0 Å². The zero-order valence-electron chi connectivity index (χ0n) is 10.8. The number of nitrogens with zero attached hydrogens (tertiary/aromatic N) is 1. The van der Waals surface area contributed by atoms with Gasteiger partial charge in [0.15, 0.2) is 9.84 Å². The van der Waals surface area contributed by atoms with E-state index in [0.29, 0.717) is 25.2 Å². The number of rotatable bonds is 3. The molecular weight excluding hydrogens is 346 g/mol. The van der Waals surface area contributed by atoms with Crippen LogP contribution in [-0.2, 0) is 16.4 Å². The van der Waals surface area contributed by atoms with Crippen molar-refractivity contribution < 1.29 is 13.2 Å². The van der Waals surface area contributed by atoms with Gasteiger partial charge in [-0.25, -0.2) is 14.3 Å². The molecule has 1 aliphatic rings. The van der Waals surface area contributed by atoms with Crippen LogP contribution in [0.2, 0.25) is 0 Å². The molecule has 1 saturated heterocycles. The lowest BCUT2D eigenvalue weighted by Gasteiger charge is -2.26. The number of halogens is 1. The highest BCUT2D eigenvalue weighted by atomic mass is 79.9. The molecular formula is C12H16BrN3O3S. The summed E-state index contributed by atoms with van der Waals surface area (Å²) < 4.78 is 23.6. The van der Waals surface area contributed by atoms with Crippen molar-refractivity contribution in [3.8, 4) is 0 Å². The van der Waals surface area contributed by atoms with Crippen molar-refractivity contribution in [3.05, 3.63) is 33.8 Å². The summed E-state index contributed by atoms with van der Waals surface area (Å²) in [7, 11) is -2.86. The number of benzene rings is 1. The highest BCUT2D eigenvalue weighted by molar-refractivity contribution is 9.10. The van der Waals surface area contributed by atoms with Crippen LogP contribution in [0.15, 0.2) is 22.7 Å². The van der Waals surface area contributed by atoms with E-state index in [1.54, 1.807) is 12.1 Å². The lowest BCUT2D eigenvalue weighted by molar-refractivity contribution is 0.0953. The van der Waals surface area contributed by atoms with E-state index < -0.39 is 9.84 Å². The van der Waals surface area contributed by atoms with Crippen LogP contribution in [0, 0.1) is 0 Å². The second-order valence-corrected chi connectivity index (χ2v) is 7.87. The Bertz CT molecular complexity index is 604. The maximum absolute atomic E-state index is 11.4. The lowest BCUT2D eigenvalue weighted by atomic mass is 10.1. The Labute approximate surface area is 126 Å². The predicted octanol–water partition coefficient (Wildman–Crippen LogP) is 0.283. The molecule has 8 heteroatoms. The van der Waals surface area contributed by atoms with Crippen LogP contribution in [0.5, 0.6) is 0 Å². The minimum Gasteiger partial charge on any atom is -0.297 e. The van der Waals surface area contributed by atoms with Gasteiger partial charge in [0.2, 0.25) is 0 Å². The molecule has 1 aromatic carbocycles. The predicted molar refractivity (Wildman–Crippen MR) is 79.7 cm³/mol. The van der Waals surface area contributed by atoms with Gasteiger partial charge in [-0.3, -0.25) is 15.1 Å². The molecule has 0 radical (unpaired) electrons. The summed E-state index contributed by atoms with van der Waals surface area (Å²) in [6.45, 7) is 1.74. The van der Waals surface area contributed by atoms with Crippen molar-refractivity contribution in [1.29, 1.82) is 0 Å². The van der Waals surface area contributed by atoms with Crippen molar-refractivity contribution in [1.82, 2.24) is 10.3 Å². The average Bonchev–Trinajstić information content (AvgIpc) is 2.42. The van der Waals surface area contributed by atoms with Crippen molar-refractivity contribution in [2.75, 3.05) is 24.6 Å². The minimum absolute atomic E-state index is 0.207. The van der Waals surface area contributed by atoms with E-state index in [4.69, 9.17) is 5.84 Å². The summed E-state index contributed by atoms with van der Waals surface area (Å²) >= 11 is 3.43. The molecule has 0 aliphatic carbocycles. The van der Waals surface area contributed by atoms with Crippen molar-refractivity contribution >= 4 is 31.7 Å². The molecule has 1 aromatic rings. The van der Waals surface area contributed by atoms with Crippen LogP contribution >= 0.6 is 15.9 Å². The fourth-order valence-corrected chi connectivity index (χ4v) is 3.83. The molecule has 2 rings (SSSR count). The molecule has 0 bridgehead atoms. The van der Waals surface area contributed by atoms with Gasteiger partial charge in [0.25, 0.3) is 5.91 Å². The molecule has 0 unspecified atom stereocenters. The van der Waals surface area contributed by atoms with Gasteiger partial charge in [0.1, 0.15) is 0 Å². The van der Waals surface area contributed by atoms with Gasteiger partial charge in [-0.05, 0) is 17.7 Å². The summed E-state index contributed by atoms with van der Waals surface area (Å²) in [5.41, 5.74) is 3.57. The molecule has 0 atom stereocenters. The second kappa shape index (κ2) is 6.21. The van der Waals surface area contributed by atoms with Crippen LogP contribution in [0.25, 0.3) is 0 Å². The van der Waals surface area contributed by atoms with Crippen LogP contribution < -0.4 is 11.3 Å². The number of nitrogens with one attached hydrogen (secondary N) is 1. The highest BCUT2D eigenvalue weighted by Gasteiger charge is 2.22. The molecule has 1 heterocycles. The zero-order valence-corrected chi connectivity index (χ0v) is 13.2. The molecule has 0 saturated carbocycles. The maximum atomic E-state index is 11.4. The van der Waals surface area contributed by atoms with Crippen LogP contribution in [-0.4, -0.2) is 43.8 Å². The summed E-state index contributed by atoms with van der Waals surface area (Å²) in [5.74, 6) is 5.15. The first-order chi connectivity index (χ1) is 9.41. The van der Waals surface area contributed by atoms with Gasteiger partial charge in [-0.2, -0.15) is 0 Å². The van der Waals surface area contributed by atoms with Gasteiger partial charge < -0.3 is 0 Å². The third kappa shape index (κ3) is 3.78. The Balaban J connectivity index is 2.05. The number of carbonyl (C=O) groups is 1. The fourth-order valence-electron chi connectivity index (χ4n) is 2.05. The zero-order chi connectivity index (χ0) is 14.8. The topological polar surface area (TPSA) is 92.5 Å².